The fraction of sp³-hybridized carbons (Fsp3) is 0.375. The van der Waals surface area contributed by atoms with E-state index >= 15 is 0 Å². The molecule has 2 aromatic rings. The van der Waals surface area contributed by atoms with E-state index in [0.717, 1.165) is 29.9 Å². The number of ether oxygens (including phenoxy) is 1. The Kier molecular flexibility index (Phi) is 5.93. The van der Waals surface area contributed by atoms with Gasteiger partial charge in [0.25, 0.3) is 5.91 Å². The third kappa shape index (κ3) is 4.87. The van der Waals surface area contributed by atoms with Gasteiger partial charge in [0, 0.05) is 47.8 Å². The maximum atomic E-state index is 12.1. The number of carbonyl (C=O) groups excluding carboxylic acids is 3. The Morgan fingerprint density at radius 3 is 2.58 bits per heavy atom. The molecule has 0 atom stereocenters. The monoisotopic (exact) mass is 421 g/mol. The molecular formula is C24H27N3O4. The minimum atomic E-state index is -0.561. The molecule has 1 aliphatic heterocycles. The van der Waals surface area contributed by atoms with Gasteiger partial charge < -0.3 is 19.5 Å². The second-order valence-corrected chi connectivity index (χ2v) is 8.11. The van der Waals surface area contributed by atoms with E-state index in [1.54, 1.807) is 35.2 Å². The number of hydrogen-bond acceptors (Lipinski definition) is 4. The molecule has 1 aromatic carbocycles. The molecule has 7 heteroatoms. The fourth-order valence-electron chi connectivity index (χ4n) is 4.05. The first-order valence-corrected chi connectivity index (χ1v) is 10.7. The number of anilines is 2. The van der Waals surface area contributed by atoms with Crippen molar-refractivity contribution in [2.45, 2.75) is 45.6 Å². The van der Waals surface area contributed by atoms with Crippen LogP contribution in [-0.4, -0.2) is 35.5 Å². The molecular weight excluding hydrogens is 394 g/mol. The van der Waals surface area contributed by atoms with Gasteiger partial charge in [0.1, 0.15) is 0 Å². The van der Waals surface area contributed by atoms with Crippen molar-refractivity contribution >= 4 is 35.2 Å². The van der Waals surface area contributed by atoms with E-state index in [9.17, 15) is 14.4 Å². The summed E-state index contributed by atoms with van der Waals surface area (Å²) in [5.74, 6) is -0.862. The Morgan fingerprint density at radius 2 is 1.94 bits per heavy atom. The molecule has 2 heterocycles. The number of esters is 1. The number of hydrogen-bond donors (Lipinski definition) is 1. The standard InChI is InChI=1S/C24H27N3O4/c1-16-14-18(17(2)27(16)21-10-11-21)5-12-24(30)31-15-22(28)25-19-6-8-20(9-7-19)26-13-3-4-23(26)29/h5-9,12,14,21H,3-4,10-11,13,15H2,1-2H3,(H,25,28)/b12-5+. The van der Waals surface area contributed by atoms with Gasteiger partial charge in [-0.3, -0.25) is 9.59 Å². The molecule has 2 fully saturated rings. The van der Waals surface area contributed by atoms with Gasteiger partial charge in [0.15, 0.2) is 6.61 Å². The molecule has 0 unspecified atom stereocenters. The molecule has 162 valence electrons. The third-order valence-electron chi connectivity index (χ3n) is 5.72. The zero-order chi connectivity index (χ0) is 22.0. The summed E-state index contributed by atoms with van der Waals surface area (Å²) in [7, 11) is 0. The lowest BCUT2D eigenvalue weighted by Crippen LogP contribution is -2.23. The van der Waals surface area contributed by atoms with Gasteiger partial charge in [-0.1, -0.05) is 0 Å². The topological polar surface area (TPSA) is 80.6 Å². The molecule has 1 aliphatic carbocycles. The van der Waals surface area contributed by atoms with Crippen LogP contribution in [-0.2, 0) is 19.1 Å². The van der Waals surface area contributed by atoms with Crippen LogP contribution in [0.1, 0.15) is 48.7 Å². The van der Waals surface area contributed by atoms with Crippen molar-refractivity contribution in [2.75, 3.05) is 23.4 Å². The molecule has 1 saturated carbocycles. The van der Waals surface area contributed by atoms with E-state index in [0.29, 0.717) is 18.2 Å². The zero-order valence-electron chi connectivity index (χ0n) is 17.9. The summed E-state index contributed by atoms with van der Waals surface area (Å²) >= 11 is 0. The molecule has 31 heavy (non-hydrogen) atoms. The lowest BCUT2D eigenvalue weighted by molar-refractivity contribution is -0.142. The predicted octanol–water partition coefficient (Wildman–Crippen LogP) is 3.76. The summed E-state index contributed by atoms with van der Waals surface area (Å²) in [6.07, 6.45) is 6.94. The normalized spacial score (nSPS) is 16.2. The number of aromatic nitrogens is 1. The maximum absolute atomic E-state index is 12.1. The second kappa shape index (κ2) is 8.79. The largest absolute Gasteiger partial charge is 0.452 e. The first-order chi connectivity index (χ1) is 14.9. The van der Waals surface area contributed by atoms with Crippen molar-refractivity contribution in [2.24, 2.45) is 0 Å². The van der Waals surface area contributed by atoms with Crippen molar-refractivity contribution in [3.05, 3.63) is 53.4 Å². The summed E-state index contributed by atoms with van der Waals surface area (Å²) in [4.78, 5) is 37.6. The minimum Gasteiger partial charge on any atom is -0.452 e. The second-order valence-electron chi connectivity index (χ2n) is 8.11. The average Bonchev–Trinajstić information content (AvgIpc) is 3.42. The van der Waals surface area contributed by atoms with Crippen LogP contribution >= 0.6 is 0 Å². The molecule has 0 radical (unpaired) electrons. The van der Waals surface area contributed by atoms with Gasteiger partial charge in [-0.25, -0.2) is 4.79 Å². The quantitative estimate of drug-likeness (QED) is 0.545. The van der Waals surface area contributed by atoms with Gasteiger partial charge in [-0.2, -0.15) is 0 Å². The number of nitrogens with zero attached hydrogens (tertiary/aromatic N) is 2. The lowest BCUT2D eigenvalue weighted by atomic mass is 10.2. The van der Waals surface area contributed by atoms with Crippen LogP contribution in [0, 0.1) is 13.8 Å². The van der Waals surface area contributed by atoms with E-state index in [4.69, 9.17) is 4.74 Å². The molecule has 2 aliphatic rings. The average molecular weight is 421 g/mol. The molecule has 2 amide bonds. The van der Waals surface area contributed by atoms with Crippen molar-refractivity contribution < 1.29 is 19.1 Å². The fourth-order valence-corrected chi connectivity index (χ4v) is 4.05. The summed E-state index contributed by atoms with van der Waals surface area (Å²) in [5, 5.41) is 2.69. The highest BCUT2D eigenvalue weighted by molar-refractivity contribution is 5.97. The number of amides is 2. The van der Waals surface area contributed by atoms with Crippen molar-refractivity contribution in [3.63, 3.8) is 0 Å². The van der Waals surface area contributed by atoms with Gasteiger partial charge in [0.05, 0.1) is 0 Å². The Hall–Kier alpha value is -3.35. The Bertz CT molecular complexity index is 1030. The highest BCUT2D eigenvalue weighted by Crippen LogP contribution is 2.38. The van der Waals surface area contributed by atoms with Crippen LogP contribution in [0.15, 0.2) is 36.4 Å². The summed E-state index contributed by atoms with van der Waals surface area (Å²) < 4.78 is 7.36. The number of nitrogens with one attached hydrogen (secondary N) is 1. The van der Waals surface area contributed by atoms with E-state index in [-0.39, 0.29) is 12.5 Å². The van der Waals surface area contributed by atoms with Gasteiger partial charge >= 0.3 is 5.97 Å². The smallest absolute Gasteiger partial charge is 0.331 e. The Labute approximate surface area is 181 Å². The molecule has 0 spiro atoms. The lowest BCUT2D eigenvalue weighted by Gasteiger charge is -2.16. The Balaban J connectivity index is 1.26. The van der Waals surface area contributed by atoms with Gasteiger partial charge in [-0.15, -0.1) is 0 Å². The zero-order valence-corrected chi connectivity index (χ0v) is 17.9. The first kappa shape index (κ1) is 20.9. The predicted molar refractivity (Wildman–Crippen MR) is 119 cm³/mol. The summed E-state index contributed by atoms with van der Waals surface area (Å²) in [5.41, 5.74) is 4.72. The van der Waals surface area contributed by atoms with Crippen molar-refractivity contribution in [3.8, 4) is 0 Å². The molecule has 1 saturated heterocycles. The van der Waals surface area contributed by atoms with E-state index in [2.05, 4.69) is 29.8 Å². The van der Waals surface area contributed by atoms with Crippen LogP contribution in [0.3, 0.4) is 0 Å². The summed E-state index contributed by atoms with van der Waals surface area (Å²) in [6, 6.07) is 9.70. The van der Waals surface area contributed by atoms with E-state index in [1.165, 1.54) is 24.6 Å². The Morgan fingerprint density at radius 1 is 1.19 bits per heavy atom. The van der Waals surface area contributed by atoms with Gasteiger partial charge in [-0.05, 0) is 75.1 Å². The summed E-state index contributed by atoms with van der Waals surface area (Å²) in [6.45, 7) is 4.48. The first-order valence-electron chi connectivity index (χ1n) is 10.7. The maximum Gasteiger partial charge on any atom is 0.331 e. The van der Waals surface area contributed by atoms with Crippen LogP contribution in [0.25, 0.3) is 6.08 Å². The number of benzene rings is 1. The van der Waals surface area contributed by atoms with Crippen LogP contribution in [0.2, 0.25) is 0 Å². The highest BCUT2D eigenvalue weighted by Gasteiger charge is 2.26. The van der Waals surface area contributed by atoms with E-state index in [1.807, 2.05) is 0 Å². The number of aryl methyl sites for hydroxylation is 1. The van der Waals surface area contributed by atoms with Gasteiger partial charge in [0.2, 0.25) is 5.91 Å². The van der Waals surface area contributed by atoms with E-state index < -0.39 is 11.9 Å². The highest BCUT2D eigenvalue weighted by atomic mass is 16.5. The van der Waals surface area contributed by atoms with Crippen molar-refractivity contribution in [1.29, 1.82) is 0 Å². The molecule has 7 nitrogen and oxygen atoms in total. The molecule has 4 rings (SSSR count). The van der Waals surface area contributed by atoms with Crippen LogP contribution in [0.4, 0.5) is 11.4 Å². The van der Waals surface area contributed by atoms with Crippen molar-refractivity contribution in [1.82, 2.24) is 4.57 Å². The molecule has 1 aromatic heterocycles. The SMILES string of the molecule is Cc1cc(/C=C/C(=O)OCC(=O)Nc2ccc(N3CCCC3=O)cc2)c(C)n1C1CC1. The van der Waals surface area contributed by atoms with Crippen LogP contribution in [0.5, 0.6) is 0 Å². The van der Waals surface area contributed by atoms with Crippen LogP contribution < -0.4 is 10.2 Å². The molecule has 1 N–H and O–H groups in total. The number of rotatable bonds is 7. The molecule has 0 bridgehead atoms. The number of carbonyl (C=O) groups is 3. The third-order valence-corrected chi connectivity index (χ3v) is 5.72. The minimum absolute atomic E-state index is 0.117.